The van der Waals surface area contributed by atoms with Crippen molar-refractivity contribution >= 4 is 64.6 Å². The Morgan fingerprint density at radius 2 is 0.700 bits per heavy atom. The van der Waals surface area contributed by atoms with Gasteiger partial charge in [0.25, 0.3) is 0 Å². The smallest absolute Gasteiger partial charge is 0.00111 e. The molecule has 0 heteroatoms. The topological polar surface area (TPSA) is 0 Å². The molecule has 0 aliphatic heterocycles. The fourth-order valence-electron chi connectivity index (χ4n) is 7.84. The summed E-state index contributed by atoms with van der Waals surface area (Å²) in [4.78, 5) is 0. The summed E-state index contributed by atoms with van der Waals surface area (Å²) < 4.78 is 0. The van der Waals surface area contributed by atoms with E-state index in [2.05, 4.69) is 74.5 Å². The lowest BCUT2D eigenvalue weighted by Gasteiger charge is -2.23. The third kappa shape index (κ3) is 4.27. The van der Waals surface area contributed by atoms with E-state index in [0.29, 0.717) is 0 Å². The van der Waals surface area contributed by atoms with Gasteiger partial charge in [0.05, 0.1) is 0 Å². The number of hydrogen-bond acceptors (Lipinski definition) is 0. The summed E-state index contributed by atoms with van der Waals surface area (Å²) >= 11 is 0. The average molecular weight is 525 g/mol. The van der Waals surface area contributed by atoms with Gasteiger partial charge in [-0.3, -0.25) is 0 Å². The van der Waals surface area contributed by atoms with Crippen molar-refractivity contribution in [3.05, 3.63) is 71.8 Å². The van der Waals surface area contributed by atoms with Crippen molar-refractivity contribution in [1.82, 2.24) is 0 Å². The van der Waals surface area contributed by atoms with Gasteiger partial charge in [-0.15, -0.1) is 0 Å². The van der Waals surface area contributed by atoms with Gasteiger partial charge in [0.2, 0.25) is 0 Å². The molecule has 40 heavy (non-hydrogen) atoms. The van der Waals surface area contributed by atoms with Crippen molar-refractivity contribution in [3.63, 3.8) is 0 Å². The maximum atomic E-state index is 2.54. The van der Waals surface area contributed by atoms with Gasteiger partial charge in [0.15, 0.2) is 0 Å². The van der Waals surface area contributed by atoms with Gasteiger partial charge < -0.3 is 0 Å². The lowest BCUT2D eigenvalue weighted by molar-refractivity contribution is 0.608. The average Bonchev–Trinajstić information content (AvgIpc) is 2.99. The number of rotatable bonds is 14. The minimum atomic E-state index is 1.19. The molecule has 0 aliphatic carbocycles. The van der Waals surface area contributed by atoms with Crippen molar-refractivity contribution in [3.8, 4) is 0 Å². The Bertz CT molecular complexity index is 1710. The standard InChI is InChI=1S/C40H44/c1-3-5-7-9-11-13-15-29-25-31-19-17-28-22-24-34-30(16-14-12-10-8-6-4-2)26-32-20-18-27-21-23-33(29)39-35(27)38(32)40(34)36(28)37(31)39/h17-26H,3-16H2,1-2H3. The SMILES string of the molecule is CCCCCCCCc1cc2ccc3ccc4c(CCCCCCCC)cc5ccc6ccc1c1c6c5c4c3c21. The quantitative estimate of drug-likeness (QED) is 0.0754. The summed E-state index contributed by atoms with van der Waals surface area (Å²) in [6.45, 7) is 4.61. The summed E-state index contributed by atoms with van der Waals surface area (Å²) in [5.41, 5.74) is 3.10. The van der Waals surface area contributed by atoms with Crippen LogP contribution in [0.4, 0.5) is 0 Å². The lowest BCUT2D eigenvalue weighted by atomic mass is 9.80. The fourth-order valence-corrected chi connectivity index (χ4v) is 7.84. The first kappa shape index (κ1) is 25.8. The first-order chi connectivity index (χ1) is 19.8. The summed E-state index contributed by atoms with van der Waals surface area (Å²) in [5, 5.41) is 17.7. The molecule has 0 spiro atoms. The van der Waals surface area contributed by atoms with Crippen LogP contribution in [-0.4, -0.2) is 0 Å². The van der Waals surface area contributed by atoms with E-state index in [1.807, 2.05) is 0 Å². The molecule has 7 aromatic rings. The molecule has 0 amide bonds. The number of aryl methyl sites for hydroxylation is 2. The second kappa shape index (κ2) is 11.0. The predicted octanol–water partition coefficient (Wildman–Crippen LogP) is 12.7. The second-order valence-corrected chi connectivity index (χ2v) is 12.6. The molecule has 0 nitrogen and oxygen atoms in total. The van der Waals surface area contributed by atoms with Gasteiger partial charge in [-0.2, -0.15) is 0 Å². The molecular formula is C40H44. The Kier molecular flexibility index (Phi) is 7.13. The van der Waals surface area contributed by atoms with E-state index < -0.39 is 0 Å². The Hall–Kier alpha value is -3.12. The predicted molar refractivity (Wildman–Crippen MR) is 179 cm³/mol. The van der Waals surface area contributed by atoms with Crippen LogP contribution in [0.3, 0.4) is 0 Å². The fraction of sp³-hybridized carbons (Fsp3) is 0.400. The molecule has 0 unspecified atom stereocenters. The van der Waals surface area contributed by atoms with Gasteiger partial charge in [-0.05, 0) is 101 Å². The zero-order chi connectivity index (χ0) is 27.1. The van der Waals surface area contributed by atoms with Crippen LogP contribution in [0.15, 0.2) is 60.7 Å². The van der Waals surface area contributed by atoms with E-state index in [-0.39, 0.29) is 0 Å². The van der Waals surface area contributed by atoms with Gasteiger partial charge in [-0.1, -0.05) is 139 Å². The minimum absolute atomic E-state index is 1.19. The number of unbranched alkanes of at least 4 members (excludes halogenated alkanes) is 10. The Morgan fingerprint density at radius 3 is 1.15 bits per heavy atom. The van der Waals surface area contributed by atoms with Crippen LogP contribution in [-0.2, 0) is 12.8 Å². The molecule has 0 N–H and O–H groups in total. The van der Waals surface area contributed by atoms with Crippen molar-refractivity contribution in [1.29, 1.82) is 0 Å². The highest BCUT2D eigenvalue weighted by atomic mass is 14.2. The molecule has 0 fully saturated rings. The minimum Gasteiger partial charge on any atom is -0.0654 e. The van der Waals surface area contributed by atoms with Crippen molar-refractivity contribution in [2.24, 2.45) is 0 Å². The normalized spacial score (nSPS) is 12.7. The second-order valence-electron chi connectivity index (χ2n) is 12.6. The molecule has 0 saturated carbocycles. The van der Waals surface area contributed by atoms with E-state index in [1.165, 1.54) is 155 Å². The Morgan fingerprint density at radius 1 is 0.350 bits per heavy atom. The van der Waals surface area contributed by atoms with Crippen LogP contribution in [0.2, 0.25) is 0 Å². The largest absolute Gasteiger partial charge is 0.0654 e. The van der Waals surface area contributed by atoms with Crippen LogP contribution in [0.1, 0.15) is 102 Å². The molecule has 7 aromatic carbocycles. The number of hydrogen-bond donors (Lipinski definition) is 0. The van der Waals surface area contributed by atoms with Crippen LogP contribution < -0.4 is 0 Å². The lowest BCUT2D eigenvalue weighted by Crippen LogP contribution is -1.98. The summed E-state index contributed by atoms with van der Waals surface area (Å²) in [7, 11) is 0. The van der Waals surface area contributed by atoms with Crippen LogP contribution >= 0.6 is 0 Å². The van der Waals surface area contributed by atoms with Gasteiger partial charge in [0.1, 0.15) is 0 Å². The number of benzene rings is 7. The van der Waals surface area contributed by atoms with E-state index in [0.717, 1.165) is 0 Å². The molecule has 0 saturated heterocycles. The highest BCUT2D eigenvalue weighted by Gasteiger charge is 2.22. The summed E-state index contributed by atoms with van der Waals surface area (Å²) in [6, 6.07) is 24.3. The first-order valence-electron chi connectivity index (χ1n) is 16.4. The molecule has 0 bridgehead atoms. The molecule has 0 aromatic heterocycles. The first-order valence-corrected chi connectivity index (χ1v) is 16.4. The Labute approximate surface area is 239 Å². The van der Waals surface area contributed by atoms with Gasteiger partial charge in [0, 0.05) is 0 Å². The van der Waals surface area contributed by atoms with Gasteiger partial charge in [-0.25, -0.2) is 0 Å². The molecule has 7 rings (SSSR count). The van der Waals surface area contributed by atoms with Gasteiger partial charge >= 0.3 is 0 Å². The van der Waals surface area contributed by atoms with Crippen LogP contribution in [0.25, 0.3) is 64.6 Å². The zero-order valence-electron chi connectivity index (χ0n) is 24.7. The molecule has 0 radical (unpaired) electrons. The molecule has 0 heterocycles. The van der Waals surface area contributed by atoms with E-state index >= 15 is 0 Å². The summed E-state index contributed by atoms with van der Waals surface area (Å²) in [5.74, 6) is 0. The molecule has 0 aliphatic rings. The third-order valence-corrected chi connectivity index (χ3v) is 9.89. The van der Waals surface area contributed by atoms with E-state index in [4.69, 9.17) is 0 Å². The van der Waals surface area contributed by atoms with Crippen LogP contribution in [0, 0.1) is 0 Å². The molecule has 204 valence electrons. The van der Waals surface area contributed by atoms with Crippen molar-refractivity contribution in [2.75, 3.05) is 0 Å². The van der Waals surface area contributed by atoms with Crippen LogP contribution in [0.5, 0.6) is 0 Å². The maximum absolute atomic E-state index is 2.54. The van der Waals surface area contributed by atoms with E-state index in [9.17, 15) is 0 Å². The molecular weight excluding hydrogens is 480 g/mol. The maximum Gasteiger partial charge on any atom is -0.00111 e. The Balaban J connectivity index is 1.38. The monoisotopic (exact) mass is 524 g/mol. The van der Waals surface area contributed by atoms with Crippen molar-refractivity contribution < 1.29 is 0 Å². The van der Waals surface area contributed by atoms with E-state index in [1.54, 1.807) is 11.1 Å². The highest BCUT2D eigenvalue weighted by Crippen LogP contribution is 2.49. The molecule has 0 atom stereocenters. The third-order valence-electron chi connectivity index (χ3n) is 9.89. The highest BCUT2D eigenvalue weighted by molar-refractivity contribution is 6.45. The van der Waals surface area contributed by atoms with Crippen molar-refractivity contribution in [2.45, 2.75) is 104 Å². The summed E-state index contributed by atoms with van der Waals surface area (Å²) in [6.07, 6.45) is 18.6. The zero-order valence-corrected chi connectivity index (χ0v) is 24.7.